The molecule has 0 aromatic carbocycles. The third-order valence-electron chi connectivity index (χ3n) is 3.80. The van der Waals surface area contributed by atoms with Gasteiger partial charge in [-0.05, 0) is 31.6 Å². The molecule has 0 bridgehead atoms. The summed E-state index contributed by atoms with van der Waals surface area (Å²) >= 11 is 0. The van der Waals surface area contributed by atoms with Gasteiger partial charge in [0.1, 0.15) is 0 Å². The zero-order valence-corrected chi connectivity index (χ0v) is 10.7. The van der Waals surface area contributed by atoms with Crippen molar-refractivity contribution in [3.63, 3.8) is 0 Å². The Labute approximate surface area is 98.0 Å². The largest absolute Gasteiger partial charge is 0.329 e. The zero-order chi connectivity index (χ0) is 11.8. The van der Waals surface area contributed by atoms with Crippen LogP contribution in [0.4, 0.5) is 0 Å². The second kappa shape index (κ2) is 4.27. The van der Waals surface area contributed by atoms with Crippen molar-refractivity contribution in [3.8, 4) is 0 Å². The lowest BCUT2D eigenvalue weighted by Crippen LogP contribution is -2.56. The van der Waals surface area contributed by atoms with Crippen LogP contribution in [0, 0.1) is 5.92 Å². The summed E-state index contributed by atoms with van der Waals surface area (Å²) in [6, 6.07) is 0. The molecule has 0 heterocycles. The van der Waals surface area contributed by atoms with Crippen molar-refractivity contribution in [1.29, 1.82) is 0 Å². The summed E-state index contributed by atoms with van der Waals surface area (Å²) in [7, 11) is -3.11. The first-order chi connectivity index (χ1) is 7.47. The number of nitrogens with one attached hydrogen (secondary N) is 1. The first kappa shape index (κ1) is 12.3. The fraction of sp³-hybridized carbons (Fsp3) is 1.00. The molecule has 4 nitrogen and oxygen atoms in total. The molecule has 0 aromatic rings. The molecule has 2 atom stereocenters. The second-order valence-corrected chi connectivity index (χ2v) is 7.49. The van der Waals surface area contributed by atoms with E-state index >= 15 is 0 Å². The summed E-state index contributed by atoms with van der Waals surface area (Å²) < 4.78 is 26.8. The van der Waals surface area contributed by atoms with E-state index in [0.717, 1.165) is 32.1 Å². The molecule has 2 aliphatic carbocycles. The predicted molar refractivity (Wildman–Crippen MR) is 64.5 cm³/mol. The molecule has 0 saturated heterocycles. The Bertz CT molecular complexity index is 351. The van der Waals surface area contributed by atoms with E-state index in [-0.39, 0.29) is 10.8 Å². The standard InChI is InChI=1S/C11H22N2O2S/c1-9-3-2-6-11(7-9,8-12)13-16(14,15)10-4-5-10/h9-10,13H,2-8,12H2,1H3. The van der Waals surface area contributed by atoms with Crippen LogP contribution in [0.3, 0.4) is 0 Å². The van der Waals surface area contributed by atoms with Crippen LogP contribution in [0.1, 0.15) is 45.4 Å². The van der Waals surface area contributed by atoms with Gasteiger partial charge >= 0.3 is 0 Å². The molecule has 0 spiro atoms. The van der Waals surface area contributed by atoms with Crippen LogP contribution >= 0.6 is 0 Å². The third kappa shape index (κ3) is 2.57. The summed E-state index contributed by atoms with van der Waals surface area (Å²) in [5.74, 6) is 0.569. The molecule has 0 radical (unpaired) electrons. The van der Waals surface area contributed by atoms with Gasteiger partial charge in [0.15, 0.2) is 0 Å². The molecule has 0 amide bonds. The van der Waals surface area contributed by atoms with E-state index in [2.05, 4.69) is 11.6 Å². The average molecular weight is 246 g/mol. The van der Waals surface area contributed by atoms with Gasteiger partial charge in [-0.15, -0.1) is 0 Å². The quantitative estimate of drug-likeness (QED) is 0.776. The molecule has 2 aliphatic rings. The lowest BCUT2D eigenvalue weighted by atomic mass is 9.77. The van der Waals surface area contributed by atoms with E-state index in [1.54, 1.807) is 0 Å². The highest BCUT2D eigenvalue weighted by Gasteiger charge is 2.43. The topological polar surface area (TPSA) is 72.2 Å². The Morgan fingerprint density at radius 1 is 1.38 bits per heavy atom. The molecule has 2 saturated carbocycles. The average Bonchev–Trinajstić information content (AvgIpc) is 3.00. The molecule has 2 unspecified atom stereocenters. The van der Waals surface area contributed by atoms with Gasteiger partial charge in [0.05, 0.1) is 5.25 Å². The molecule has 0 aromatic heterocycles. The number of nitrogens with two attached hydrogens (primary N) is 1. The van der Waals surface area contributed by atoms with Crippen LogP contribution in [0.5, 0.6) is 0 Å². The van der Waals surface area contributed by atoms with Crippen molar-refractivity contribution in [2.45, 2.75) is 56.2 Å². The highest BCUT2D eigenvalue weighted by atomic mass is 32.2. The molecule has 16 heavy (non-hydrogen) atoms. The first-order valence-electron chi connectivity index (χ1n) is 6.20. The normalized spacial score (nSPS) is 36.2. The van der Waals surface area contributed by atoms with Crippen LogP contribution in [0.15, 0.2) is 0 Å². The summed E-state index contributed by atoms with van der Waals surface area (Å²) in [6.45, 7) is 2.60. The van der Waals surface area contributed by atoms with Crippen molar-refractivity contribution < 1.29 is 8.42 Å². The van der Waals surface area contributed by atoms with Crippen molar-refractivity contribution in [1.82, 2.24) is 4.72 Å². The van der Waals surface area contributed by atoms with Crippen LogP contribution in [-0.4, -0.2) is 25.8 Å². The fourth-order valence-electron chi connectivity index (χ4n) is 2.74. The predicted octanol–water partition coefficient (Wildman–Crippen LogP) is 0.976. The number of sulfonamides is 1. The van der Waals surface area contributed by atoms with Crippen LogP contribution < -0.4 is 10.5 Å². The van der Waals surface area contributed by atoms with Gasteiger partial charge in [-0.2, -0.15) is 0 Å². The number of rotatable bonds is 4. The molecule has 3 N–H and O–H groups in total. The van der Waals surface area contributed by atoms with Gasteiger partial charge in [-0.25, -0.2) is 13.1 Å². The van der Waals surface area contributed by atoms with E-state index in [4.69, 9.17) is 5.73 Å². The number of hydrogen-bond donors (Lipinski definition) is 2. The van der Waals surface area contributed by atoms with Crippen molar-refractivity contribution in [3.05, 3.63) is 0 Å². The Kier molecular flexibility index (Phi) is 3.29. The molecular formula is C11H22N2O2S. The van der Waals surface area contributed by atoms with E-state index in [1.165, 1.54) is 6.42 Å². The maximum atomic E-state index is 12.0. The zero-order valence-electron chi connectivity index (χ0n) is 9.91. The van der Waals surface area contributed by atoms with Gasteiger partial charge in [-0.3, -0.25) is 0 Å². The van der Waals surface area contributed by atoms with Crippen molar-refractivity contribution in [2.75, 3.05) is 6.54 Å². The monoisotopic (exact) mass is 246 g/mol. The van der Waals surface area contributed by atoms with E-state index in [0.29, 0.717) is 12.5 Å². The van der Waals surface area contributed by atoms with Gasteiger partial charge in [0.2, 0.25) is 10.0 Å². The first-order valence-corrected chi connectivity index (χ1v) is 7.75. The summed E-state index contributed by atoms with van der Waals surface area (Å²) in [6.07, 6.45) is 5.66. The molecule has 2 rings (SSSR count). The molecular weight excluding hydrogens is 224 g/mol. The maximum Gasteiger partial charge on any atom is 0.215 e. The van der Waals surface area contributed by atoms with Crippen molar-refractivity contribution in [2.24, 2.45) is 11.7 Å². The summed E-state index contributed by atoms with van der Waals surface area (Å²) in [5.41, 5.74) is 5.44. The Balaban J connectivity index is 2.09. The molecule has 5 heteroatoms. The smallest absolute Gasteiger partial charge is 0.215 e. The van der Waals surface area contributed by atoms with E-state index in [1.807, 2.05) is 0 Å². The second-order valence-electron chi connectivity index (χ2n) is 5.53. The highest BCUT2D eigenvalue weighted by Crippen LogP contribution is 2.35. The maximum absolute atomic E-state index is 12.0. The van der Waals surface area contributed by atoms with E-state index < -0.39 is 10.0 Å². The SMILES string of the molecule is CC1CCCC(CN)(NS(=O)(=O)C2CC2)C1. The summed E-state index contributed by atoms with van der Waals surface area (Å²) in [5, 5.41) is -0.145. The minimum atomic E-state index is -3.11. The third-order valence-corrected chi connectivity index (χ3v) is 5.87. The van der Waals surface area contributed by atoms with E-state index in [9.17, 15) is 8.42 Å². The fourth-order valence-corrected chi connectivity index (χ4v) is 4.54. The Hall–Kier alpha value is -0.130. The van der Waals surface area contributed by atoms with Crippen LogP contribution in [-0.2, 0) is 10.0 Å². The van der Waals surface area contributed by atoms with Gasteiger partial charge < -0.3 is 5.73 Å². The van der Waals surface area contributed by atoms with Crippen LogP contribution in [0.2, 0.25) is 0 Å². The van der Waals surface area contributed by atoms with Gasteiger partial charge in [0, 0.05) is 12.1 Å². The minimum Gasteiger partial charge on any atom is -0.329 e. The Morgan fingerprint density at radius 2 is 2.06 bits per heavy atom. The van der Waals surface area contributed by atoms with Crippen molar-refractivity contribution >= 4 is 10.0 Å². The highest BCUT2D eigenvalue weighted by molar-refractivity contribution is 7.90. The minimum absolute atomic E-state index is 0.145. The lowest BCUT2D eigenvalue weighted by Gasteiger charge is -2.39. The Morgan fingerprint density at radius 3 is 2.56 bits per heavy atom. The van der Waals surface area contributed by atoms with Crippen LogP contribution in [0.25, 0.3) is 0 Å². The lowest BCUT2D eigenvalue weighted by molar-refractivity contribution is 0.223. The number of hydrogen-bond acceptors (Lipinski definition) is 3. The molecule has 0 aliphatic heterocycles. The summed E-state index contributed by atoms with van der Waals surface area (Å²) in [4.78, 5) is 0. The molecule has 94 valence electrons. The molecule has 2 fully saturated rings. The van der Waals surface area contributed by atoms with Gasteiger partial charge in [-0.1, -0.05) is 19.8 Å². The van der Waals surface area contributed by atoms with Gasteiger partial charge in [0.25, 0.3) is 0 Å².